The van der Waals surface area contributed by atoms with E-state index in [0.717, 1.165) is 79.8 Å². The smallest absolute Gasteiger partial charge is 0.226 e. The summed E-state index contributed by atoms with van der Waals surface area (Å²) in [5.74, 6) is 2.21. The molecule has 3 saturated heterocycles. The van der Waals surface area contributed by atoms with Crippen LogP contribution in [0.2, 0.25) is 0 Å². The van der Waals surface area contributed by atoms with Gasteiger partial charge in [-0.2, -0.15) is 15.3 Å². The Bertz CT molecular complexity index is 1230. The minimum Gasteiger partial charge on any atom is -0.379 e. The van der Waals surface area contributed by atoms with E-state index in [4.69, 9.17) is 20.0 Å². The molecule has 10 nitrogen and oxygen atoms in total. The lowest BCUT2D eigenvalue weighted by atomic mass is 9.97. The van der Waals surface area contributed by atoms with Gasteiger partial charge in [0.2, 0.25) is 5.95 Å². The molecule has 36 heavy (non-hydrogen) atoms. The average molecular weight is 508 g/mol. The molecule has 1 unspecified atom stereocenters. The molecule has 0 spiro atoms. The third-order valence-electron chi connectivity index (χ3n) is 7.58. The van der Waals surface area contributed by atoms with Crippen molar-refractivity contribution < 1.29 is 4.74 Å². The number of morpholine rings is 1. The van der Waals surface area contributed by atoms with Crippen LogP contribution in [0.1, 0.15) is 42.7 Å². The summed E-state index contributed by atoms with van der Waals surface area (Å²) in [5, 5.41) is 24.5. The number of ether oxygens (including phenoxy) is 1. The number of hydrogen-bond donors (Lipinski definition) is 3. The fourth-order valence-corrected chi connectivity index (χ4v) is 6.98. The minimum atomic E-state index is 0.339. The number of fused-ring (bicyclic) bond motifs is 3. The highest BCUT2D eigenvalue weighted by Gasteiger charge is 2.40. The van der Waals surface area contributed by atoms with E-state index in [2.05, 4.69) is 42.8 Å². The van der Waals surface area contributed by atoms with Gasteiger partial charge in [-0.1, -0.05) is 0 Å². The molecule has 3 aromatic rings. The predicted molar refractivity (Wildman–Crippen MR) is 141 cm³/mol. The van der Waals surface area contributed by atoms with Crippen molar-refractivity contribution in [3.05, 3.63) is 22.7 Å². The van der Waals surface area contributed by atoms with Crippen molar-refractivity contribution in [2.45, 2.75) is 63.7 Å². The molecule has 2 bridgehead atoms. The van der Waals surface area contributed by atoms with E-state index in [1.54, 1.807) is 11.3 Å². The van der Waals surface area contributed by atoms with Gasteiger partial charge in [0.1, 0.15) is 10.6 Å². The summed E-state index contributed by atoms with van der Waals surface area (Å²) in [4.78, 5) is 17.1. The van der Waals surface area contributed by atoms with Crippen molar-refractivity contribution in [2.24, 2.45) is 0 Å². The number of thiophene rings is 1. The fourth-order valence-electron chi connectivity index (χ4n) is 5.91. The van der Waals surface area contributed by atoms with Gasteiger partial charge < -0.3 is 15.4 Å². The van der Waals surface area contributed by atoms with Crippen LogP contribution in [0.4, 0.5) is 17.6 Å². The standard InChI is InChI=1S/C25H33N9OS/c1-16-11-22(32-31-16)28-23-21-14-20(15-33-7-9-35-10-8-33)36-24(21)30-25(29-23)27-17-12-18-3-4-19(13-17)34(18)6-2-5-26/h11,14,17-19H,2-4,6-10,12-13,15H2,1H3,(H3,27,28,29,30,31,32)/t17?,18-,19+. The van der Waals surface area contributed by atoms with Gasteiger partial charge in [-0.3, -0.25) is 14.9 Å². The topological polar surface area (TPSA) is 118 Å². The van der Waals surface area contributed by atoms with Crippen LogP contribution in [0.25, 0.3) is 10.2 Å². The Hall–Kier alpha value is -2.78. The summed E-state index contributed by atoms with van der Waals surface area (Å²) >= 11 is 1.74. The molecule has 3 aliphatic heterocycles. The van der Waals surface area contributed by atoms with E-state index in [1.807, 2.05) is 13.0 Å². The molecule has 190 valence electrons. The van der Waals surface area contributed by atoms with E-state index in [-0.39, 0.29) is 0 Å². The number of H-pyrrole nitrogens is 1. The number of rotatable bonds is 8. The summed E-state index contributed by atoms with van der Waals surface area (Å²) in [5.41, 5.74) is 0.998. The number of nitrogens with one attached hydrogen (secondary N) is 3. The van der Waals surface area contributed by atoms with Crippen LogP contribution in [0, 0.1) is 18.3 Å². The second-order valence-corrected chi connectivity index (χ2v) is 11.2. The number of nitriles is 1. The lowest BCUT2D eigenvalue weighted by molar-refractivity contribution is 0.0346. The van der Waals surface area contributed by atoms with Crippen molar-refractivity contribution in [1.29, 1.82) is 5.26 Å². The van der Waals surface area contributed by atoms with E-state index in [9.17, 15) is 0 Å². The Balaban J connectivity index is 1.24. The second kappa shape index (κ2) is 10.3. The maximum Gasteiger partial charge on any atom is 0.226 e. The molecule has 11 heteroatoms. The summed E-state index contributed by atoms with van der Waals surface area (Å²) in [6.07, 6.45) is 5.18. The molecule has 0 saturated carbocycles. The first-order chi connectivity index (χ1) is 17.6. The Kier molecular flexibility index (Phi) is 6.75. The predicted octanol–water partition coefficient (Wildman–Crippen LogP) is 3.62. The molecule has 6 rings (SSSR count). The first-order valence-corrected chi connectivity index (χ1v) is 13.7. The van der Waals surface area contributed by atoms with Crippen molar-refractivity contribution >= 4 is 39.1 Å². The zero-order valence-corrected chi connectivity index (χ0v) is 21.5. The van der Waals surface area contributed by atoms with Crippen molar-refractivity contribution in [1.82, 2.24) is 30.0 Å². The lowest BCUT2D eigenvalue weighted by Crippen LogP contribution is -2.47. The molecule has 3 aromatic heterocycles. The van der Waals surface area contributed by atoms with Gasteiger partial charge in [-0.05, 0) is 38.7 Å². The SMILES string of the molecule is Cc1cc(Nc2nc(NC3C[C@H]4CC[C@@H](C3)N4CCC#N)nc3sc(CN4CCOCC4)cc23)n[nH]1. The van der Waals surface area contributed by atoms with Gasteiger partial charge >= 0.3 is 0 Å². The third kappa shape index (κ3) is 5.04. The molecule has 3 fully saturated rings. The van der Waals surface area contributed by atoms with Crippen molar-refractivity contribution in [3.63, 3.8) is 0 Å². The third-order valence-corrected chi connectivity index (χ3v) is 8.59. The van der Waals surface area contributed by atoms with E-state index >= 15 is 0 Å². The molecular weight excluding hydrogens is 474 g/mol. The minimum absolute atomic E-state index is 0.339. The van der Waals surface area contributed by atoms with Crippen LogP contribution in [0.5, 0.6) is 0 Å². The Labute approximate surface area is 215 Å². The normalized spacial score (nSPS) is 24.7. The van der Waals surface area contributed by atoms with E-state index < -0.39 is 0 Å². The maximum absolute atomic E-state index is 9.02. The maximum atomic E-state index is 9.02. The van der Waals surface area contributed by atoms with Gasteiger partial charge in [0.15, 0.2) is 5.82 Å². The van der Waals surface area contributed by atoms with Crippen molar-refractivity contribution in [3.8, 4) is 6.07 Å². The molecule has 6 heterocycles. The quantitative estimate of drug-likeness (QED) is 0.420. The number of anilines is 3. The molecule has 0 radical (unpaired) electrons. The molecule has 0 aromatic carbocycles. The Morgan fingerprint density at radius 3 is 2.72 bits per heavy atom. The number of aromatic nitrogens is 4. The van der Waals surface area contributed by atoms with Gasteiger partial charge in [-0.25, -0.2) is 4.98 Å². The Morgan fingerprint density at radius 2 is 2.00 bits per heavy atom. The molecular formula is C25H33N9OS. The largest absolute Gasteiger partial charge is 0.379 e. The zero-order chi connectivity index (χ0) is 24.5. The Morgan fingerprint density at radius 1 is 1.19 bits per heavy atom. The van der Waals surface area contributed by atoms with Crippen LogP contribution in [0.15, 0.2) is 12.1 Å². The molecule has 3 N–H and O–H groups in total. The highest BCUT2D eigenvalue weighted by molar-refractivity contribution is 7.18. The van der Waals surface area contributed by atoms with E-state index in [1.165, 1.54) is 17.7 Å². The monoisotopic (exact) mass is 507 g/mol. The van der Waals surface area contributed by atoms with Crippen LogP contribution < -0.4 is 10.6 Å². The number of hydrogen-bond acceptors (Lipinski definition) is 10. The summed E-state index contributed by atoms with van der Waals surface area (Å²) in [6, 6.07) is 7.94. The van der Waals surface area contributed by atoms with Crippen LogP contribution in [-0.4, -0.2) is 80.9 Å². The lowest BCUT2D eigenvalue weighted by Gasteiger charge is -2.38. The second-order valence-electron chi connectivity index (χ2n) is 10.1. The molecule has 3 aliphatic rings. The molecule has 0 amide bonds. The van der Waals surface area contributed by atoms with Crippen molar-refractivity contribution in [2.75, 3.05) is 43.5 Å². The summed E-state index contributed by atoms with van der Waals surface area (Å²) in [6.45, 7) is 7.28. The van der Waals surface area contributed by atoms with Gasteiger partial charge in [0.25, 0.3) is 0 Å². The highest BCUT2D eigenvalue weighted by atomic mass is 32.1. The molecule has 0 aliphatic carbocycles. The summed E-state index contributed by atoms with van der Waals surface area (Å²) < 4.78 is 5.51. The van der Waals surface area contributed by atoms with E-state index in [0.29, 0.717) is 30.5 Å². The first-order valence-electron chi connectivity index (χ1n) is 12.9. The number of aromatic amines is 1. The van der Waals surface area contributed by atoms with Crippen LogP contribution >= 0.6 is 11.3 Å². The average Bonchev–Trinajstić information content (AvgIpc) is 3.53. The van der Waals surface area contributed by atoms with Crippen LogP contribution in [0.3, 0.4) is 0 Å². The first kappa shape index (κ1) is 23.6. The van der Waals surface area contributed by atoms with Gasteiger partial charge in [-0.15, -0.1) is 11.3 Å². The number of piperidine rings is 1. The number of aryl methyl sites for hydroxylation is 1. The van der Waals surface area contributed by atoms with Gasteiger partial charge in [0, 0.05) is 67.4 Å². The number of nitrogens with zero attached hydrogens (tertiary/aromatic N) is 6. The highest BCUT2D eigenvalue weighted by Crippen LogP contribution is 2.37. The molecule has 3 atom stereocenters. The summed E-state index contributed by atoms with van der Waals surface area (Å²) in [7, 11) is 0. The van der Waals surface area contributed by atoms with Crippen LogP contribution in [-0.2, 0) is 11.3 Å². The zero-order valence-electron chi connectivity index (χ0n) is 20.7. The fraction of sp³-hybridized carbons (Fsp3) is 0.600. The van der Waals surface area contributed by atoms with Gasteiger partial charge in [0.05, 0.1) is 24.7 Å².